The molecule has 0 aromatic heterocycles. The molecule has 4 heterocycles. The molecule has 0 bridgehead atoms. The van der Waals surface area contributed by atoms with Crippen molar-refractivity contribution in [2.75, 3.05) is 6.61 Å². The lowest BCUT2D eigenvalue weighted by molar-refractivity contribution is -0.218. The standard InChI is InChI=1S/C17H25NO8/c1-6-20-14(19)9-7-8(18-26-9)10-11-12(23-16(2,3)22-11)13-15(21-10)25-17(4,5)24-13/h9-13,15H,6-7H2,1-5H3/t9?,10-,11+,12+,13-,15-/m1/s1. The summed E-state index contributed by atoms with van der Waals surface area (Å²) in [6, 6.07) is 0. The van der Waals surface area contributed by atoms with Gasteiger partial charge in [0.25, 0.3) is 0 Å². The molecular weight excluding hydrogens is 346 g/mol. The highest BCUT2D eigenvalue weighted by molar-refractivity contribution is 5.94. The molecule has 9 heteroatoms. The Kier molecular flexibility index (Phi) is 4.27. The molecule has 4 rings (SSSR count). The van der Waals surface area contributed by atoms with Gasteiger partial charge >= 0.3 is 5.97 Å². The summed E-state index contributed by atoms with van der Waals surface area (Å²) in [6.07, 6.45) is -2.88. The van der Waals surface area contributed by atoms with Crippen molar-refractivity contribution in [1.82, 2.24) is 0 Å². The summed E-state index contributed by atoms with van der Waals surface area (Å²) < 4.78 is 35.1. The van der Waals surface area contributed by atoms with Crippen LogP contribution in [0.4, 0.5) is 0 Å². The van der Waals surface area contributed by atoms with Gasteiger partial charge in [-0.1, -0.05) is 5.16 Å². The monoisotopic (exact) mass is 371 g/mol. The third-order valence-electron chi connectivity index (χ3n) is 4.72. The van der Waals surface area contributed by atoms with Crippen LogP contribution in [0, 0.1) is 0 Å². The van der Waals surface area contributed by atoms with Gasteiger partial charge in [-0.15, -0.1) is 0 Å². The average molecular weight is 371 g/mol. The summed E-state index contributed by atoms with van der Waals surface area (Å²) in [5.74, 6) is -2.02. The van der Waals surface area contributed by atoms with E-state index in [2.05, 4.69) is 5.16 Å². The smallest absolute Gasteiger partial charge is 0.350 e. The Balaban J connectivity index is 1.54. The van der Waals surface area contributed by atoms with Crippen molar-refractivity contribution in [3.05, 3.63) is 0 Å². The number of carbonyl (C=O) groups is 1. The number of hydrogen-bond acceptors (Lipinski definition) is 9. The number of rotatable bonds is 3. The number of ether oxygens (including phenoxy) is 6. The van der Waals surface area contributed by atoms with E-state index in [1.165, 1.54) is 0 Å². The fraction of sp³-hybridized carbons (Fsp3) is 0.882. The zero-order valence-corrected chi connectivity index (χ0v) is 15.6. The lowest BCUT2D eigenvalue weighted by atomic mass is 9.94. The van der Waals surface area contributed by atoms with Crippen molar-refractivity contribution in [3.8, 4) is 0 Å². The van der Waals surface area contributed by atoms with E-state index in [0.717, 1.165) is 0 Å². The average Bonchev–Trinajstić information content (AvgIpc) is 3.20. The number of carbonyl (C=O) groups excluding carboxylic acids is 1. The molecule has 0 aromatic carbocycles. The van der Waals surface area contributed by atoms with Gasteiger partial charge in [0, 0.05) is 6.42 Å². The Hall–Kier alpha value is -1.26. The second-order valence-electron chi connectivity index (χ2n) is 7.72. The Morgan fingerprint density at radius 1 is 1.08 bits per heavy atom. The van der Waals surface area contributed by atoms with Crippen LogP contribution in [0.15, 0.2) is 5.16 Å². The Bertz CT molecular complexity index is 618. The zero-order valence-electron chi connectivity index (χ0n) is 15.6. The molecule has 4 aliphatic heterocycles. The summed E-state index contributed by atoms with van der Waals surface area (Å²) >= 11 is 0. The molecular formula is C17H25NO8. The molecule has 0 saturated carbocycles. The van der Waals surface area contributed by atoms with Crippen molar-refractivity contribution in [1.29, 1.82) is 0 Å². The minimum atomic E-state index is -0.789. The molecule has 0 radical (unpaired) electrons. The first-order valence-electron chi connectivity index (χ1n) is 8.95. The summed E-state index contributed by atoms with van der Waals surface area (Å²) in [7, 11) is 0. The zero-order chi connectivity index (χ0) is 18.7. The molecule has 146 valence electrons. The molecule has 0 N–H and O–H groups in total. The van der Waals surface area contributed by atoms with Crippen molar-refractivity contribution >= 4 is 11.7 Å². The number of esters is 1. The number of fused-ring (bicyclic) bond motifs is 3. The minimum Gasteiger partial charge on any atom is -0.463 e. The molecule has 4 aliphatic rings. The predicted octanol–water partition coefficient (Wildman–Crippen LogP) is 1.09. The van der Waals surface area contributed by atoms with E-state index < -0.39 is 48.2 Å². The fourth-order valence-electron chi connectivity index (χ4n) is 3.81. The van der Waals surface area contributed by atoms with E-state index in [1.807, 2.05) is 27.7 Å². The molecule has 0 spiro atoms. The van der Waals surface area contributed by atoms with Crippen molar-refractivity contribution in [2.45, 2.75) is 89.4 Å². The molecule has 0 amide bonds. The summed E-state index contributed by atoms with van der Waals surface area (Å²) in [5, 5.41) is 4.06. The van der Waals surface area contributed by atoms with Gasteiger partial charge in [-0.25, -0.2) is 4.79 Å². The molecule has 1 unspecified atom stereocenters. The highest BCUT2D eigenvalue weighted by atomic mass is 16.9. The fourth-order valence-corrected chi connectivity index (χ4v) is 3.81. The first-order valence-corrected chi connectivity index (χ1v) is 8.95. The normalized spacial score (nSPS) is 42.6. The summed E-state index contributed by atoms with van der Waals surface area (Å²) in [4.78, 5) is 17.2. The lowest BCUT2D eigenvalue weighted by Crippen LogP contribution is -2.57. The quantitative estimate of drug-likeness (QED) is 0.681. The second kappa shape index (κ2) is 6.13. The Labute approximate surface area is 151 Å². The molecule has 6 atom stereocenters. The maximum atomic E-state index is 11.9. The minimum absolute atomic E-state index is 0.276. The van der Waals surface area contributed by atoms with Crippen LogP contribution in [0.1, 0.15) is 41.0 Å². The highest BCUT2D eigenvalue weighted by Gasteiger charge is 2.62. The third kappa shape index (κ3) is 3.11. The third-order valence-corrected chi connectivity index (χ3v) is 4.72. The summed E-state index contributed by atoms with van der Waals surface area (Å²) in [6.45, 7) is 9.36. The van der Waals surface area contributed by atoms with Crippen molar-refractivity contribution in [2.24, 2.45) is 5.16 Å². The number of oxime groups is 1. The largest absolute Gasteiger partial charge is 0.463 e. The SMILES string of the molecule is CCOC(=O)C1CC([C@H]2O[C@@H]3OC(C)(C)O[C@@H]3[C@H]3OC(C)(C)O[C@H]32)=NO1. The topological polar surface area (TPSA) is 94.0 Å². The van der Waals surface area contributed by atoms with Crippen molar-refractivity contribution < 1.29 is 38.1 Å². The first kappa shape index (κ1) is 18.1. The van der Waals surface area contributed by atoms with Gasteiger partial charge in [0.15, 0.2) is 17.9 Å². The van der Waals surface area contributed by atoms with Gasteiger partial charge in [-0.3, -0.25) is 0 Å². The van der Waals surface area contributed by atoms with Crippen LogP contribution in [0.25, 0.3) is 0 Å². The van der Waals surface area contributed by atoms with Crippen LogP contribution in [-0.2, 0) is 38.1 Å². The van der Waals surface area contributed by atoms with Gasteiger partial charge < -0.3 is 33.3 Å². The Morgan fingerprint density at radius 2 is 1.73 bits per heavy atom. The number of hydrogen-bond donors (Lipinski definition) is 0. The van der Waals surface area contributed by atoms with Crippen LogP contribution >= 0.6 is 0 Å². The number of nitrogens with zero attached hydrogens (tertiary/aromatic N) is 1. The van der Waals surface area contributed by atoms with Crippen LogP contribution in [-0.4, -0.2) is 66.7 Å². The predicted molar refractivity (Wildman–Crippen MR) is 86.1 cm³/mol. The van der Waals surface area contributed by atoms with Crippen LogP contribution in [0.5, 0.6) is 0 Å². The maximum Gasteiger partial charge on any atom is 0.350 e. The van der Waals surface area contributed by atoms with Crippen LogP contribution in [0.2, 0.25) is 0 Å². The molecule has 3 saturated heterocycles. The molecule has 0 aromatic rings. The molecule has 0 aliphatic carbocycles. The van der Waals surface area contributed by atoms with Crippen LogP contribution in [0.3, 0.4) is 0 Å². The lowest BCUT2D eigenvalue weighted by Gasteiger charge is -2.36. The second-order valence-corrected chi connectivity index (χ2v) is 7.72. The van der Waals surface area contributed by atoms with E-state index in [0.29, 0.717) is 5.71 Å². The highest BCUT2D eigenvalue weighted by Crippen LogP contribution is 2.45. The first-order chi connectivity index (χ1) is 12.2. The van der Waals surface area contributed by atoms with Crippen LogP contribution < -0.4 is 0 Å². The maximum absolute atomic E-state index is 11.9. The van der Waals surface area contributed by atoms with E-state index in [1.54, 1.807) is 6.92 Å². The van der Waals surface area contributed by atoms with Gasteiger partial charge in [0.05, 0.1) is 12.3 Å². The van der Waals surface area contributed by atoms with E-state index in [9.17, 15) is 4.79 Å². The van der Waals surface area contributed by atoms with Gasteiger partial charge in [0.2, 0.25) is 6.10 Å². The Morgan fingerprint density at radius 3 is 2.46 bits per heavy atom. The van der Waals surface area contributed by atoms with E-state index >= 15 is 0 Å². The van der Waals surface area contributed by atoms with E-state index in [4.69, 9.17) is 33.3 Å². The van der Waals surface area contributed by atoms with Gasteiger partial charge in [0.1, 0.15) is 24.4 Å². The van der Waals surface area contributed by atoms with Gasteiger partial charge in [-0.2, -0.15) is 0 Å². The van der Waals surface area contributed by atoms with E-state index in [-0.39, 0.29) is 19.1 Å². The molecule has 9 nitrogen and oxygen atoms in total. The van der Waals surface area contributed by atoms with Crippen molar-refractivity contribution in [3.63, 3.8) is 0 Å². The van der Waals surface area contributed by atoms with Gasteiger partial charge in [-0.05, 0) is 34.6 Å². The molecule has 26 heavy (non-hydrogen) atoms. The summed E-state index contributed by atoms with van der Waals surface area (Å²) in [5.41, 5.74) is 0.575. The molecule has 3 fully saturated rings.